The molecule has 2 saturated heterocycles. The summed E-state index contributed by atoms with van der Waals surface area (Å²) in [5, 5.41) is 3.78. The number of anilines is 2. The number of nitrogens with zero attached hydrogens (tertiary/aromatic N) is 4. The Hall–Kier alpha value is -2.84. The van der Waals surface area contributed by atoms with Crippen LogP contribution in [0.4, 0.5) is 16.6 Å². The summed E-state index contributed by atoms with van der Waals surface area (Å²) in [6.07, 6.45) is 5.36. The lowest BCUT2D eigenvalue weighted by molar-refractivity contribution is -0.117. The lowest BCUT2D eigenvalue weighted by atomic mass is 10.1. The second-order valence-electron chi connectivity index (χ2n) is 9.55. The Morgan fingerprint density at radius 1 is 1.13 bits per heavy atom. The molecular formula is C21H28N6O3. The van der Waals surface area contributed by atoms with Gasteiger partial charge in [-0.05, 0) is 52.5 Å². The summed E-state index contributed by atoms with van der Waals surface area (Å²) in [7, 11) is 0. The summed E-state index contributed by atoms with van der Waals surface area (Å²) in [6.45, 7) is 7.05. The van der Waals surface area contributed by atoms with Gasteiger partial charge in [-0.25, -0.2) is 4.79 Å². The zero-order valence-electron chi connectivity index (χ0n) is 17.6. The molecule has 5 rings (SSSR count). The van der Waals surface area contributed by atoms with E-state index in [0.29, 0.717) is 24.7 Å². The zero-order valence-corrected chi connectivity index (χ0v) is 17.6. The standard InChI is InChI=1S/C21H28N6O3/c1-21(2,3)30-20(29)27-13-6-7-14(27)11-26(10-13)17-15-8-9-22-16(15)23-19(24-17)25-18(28)12-4-5-12/h8-9,12-14H,4-7,10-11H2,1-3H3,(H2,22,23,24,25,28). The number of aromatic amines is 1. The number of hydrogen-bond donors (Lipinski definition) is 2. The largest absolute Gasteiger partial charge is 0.444 e. The Kier molecular flexibility index (Phi) is 4.37. The van der Waals surface area contributed by atoms with Gasteiger partial charge in [-0.3, -0.25) is 15.0 Å². The normalized spacial score (nSPS) is 23.7. The van der Waals surface area contributed by atoms with Crippen molar-refractivity contribution in [2.75, 3.05) is 23.3 Å². The van der Waals surface area contributed by atoms with Gasteiger partial charge in [-0.1, -0.05) is 0 Å². The van der Waals surface area contributed by atoms with Gasteiger partial charge < -0.3 is 14.6 Å². The molecule has 3 fully saturated rings. The molecule has 0 aromatic carbocycles. The van der Waals surface area contributed by atoms with Crippen LogP contribution in [0.25, 0.3) is 11.0 Å². The number of fused-ring (bicyclic) bond motifs is 3. The number of carbonyl (C=O) groups is 2. The van der Waals surface area contributed by atoms with Crippen molar-refractivity contribution in [2.24, 2.45) is 5.92 Å². The second kappa shape index (κ2) is 6.85. The molecule has 1 aliphatic carbocycles. The first kappa shape index (κ1) is 19.1. The Bertz CT molecular complexity index is 978. The van der Waals surface area contributed by atoms with Crippen molar-refractivity contribution < 1.29 is 14.3 Å². The smallest absolute Gasteiger partial charge is 0.410 e. The van der Waals surface area contributed by atoms with Gasteiger partial charge in [0.25, 0.3) is 0 Å². The molecule has 2 unspecified atom stereocenters. The summed E-state index contributed by atoms with van der Waals surface area (Å²) in [5.41, 5.74) is 0.194. The van der Waals surface area contributed by atoms with E-state index in [9.17, 15) is 9.59 Å². The minimum Gasteiger partial charge on any atom is -0.444 e. The first-order valence-electron chi connectivity index (χ1n) is 10.7. The maximum atomic E-state index is 12.7. The Morgan fingerprint density at radius 2 is 1.83 bits per heavy atom. The van der Waals surface area contributed by atoms with Crippen molar-refractivity contribution in [2.45, 2.75) is 64.1 Å². The van der Waals surface area contributed by atoms with Crippen molar-refractivity contribution >= 4 is 34.8 Å². The molecule has 0 radical (unpaired) electrons. The van der Waals surface area contributed by atoms with Crippen LogP contribution in [0.3, 0.4) is 0 Å². The van der Waals surface area contributed by atoms with Crippen LogP contribution in [0.15, 0.2) is 12.3 Å². The Labute approximate surface area is 175 Å². The van der Waals surface area contributed by atoms with Crippen LogP contribution in [0, 0.1) is 5.92 Å². The molecule has 30 heavy (non-hydrogen) atoms. The summed E-state index contributed by atoms with van der Waals surface area (Å²) in [6, 6.07) is 2.14. The van der Waals surface area contributed by atoms with Gasteiger partial charge in [0.2, 0.25) is 11.9 Å². The molecule has 2 aliphatic heterocycles. The molecule has 2 atom stereocenters. The molecule has 9 nitrogen and oxygen atoms in total. The van der Waals surface area contributed by atoms with Crippen LogP contribution < -0.4 is 10.2 Å². The topological polar surface area (TPSA) is 103 Å². The molecule has 2 N–H and O–H groups in total. The average Bonchev–Trinajstić information content (AvgIpc) is 3.35. The van der Waals surface area contributed by atoms with E-state index in [1.807, 2.05) is 37.9 Å². The molecule has 2 aromatic heterocycles. The highest BCUT2D eigenvalue weighted by atomic mass is 16.6. The van der Waals surface area contributed by atoms with Gasteiger partial charge in [-0.2, -0.15) is 9.97 Å². The third-order valence-corrected chi connectivity index (χ3v) is 5.96. The fraction of sp³-hybridized carbons (Fsp3) is 0.619. The number of carbonyl (C=O) groups excluding carboxylic acids is 2. The van der Waals surface area contributed by atoms with E-state index in [2.05, 4.69) is 20.2 Å². The van der Waals surface area contributed by atoms with Crippen LogP contribution in [-0.4, -0.2) is 62.6 Å². The first-order valence-corrected chi connectivity index (χ1v) is 10.7. The minimum atomic E-state index is -0.508. The molecule has 1 saturated carbocycles. The molecule has 160 valence electrons. The maximum absolute atomic E-state index is 12.7. The molecule has 0 spiro atoms. The van der Waals surface area contributed by atoms with Crippen molar-refractivity contribution in [1.29, 1.82) is 0 Å². The Morgan fingerprint density at radius 3 is 2.47 bits per heavy atom. The highest BCUT2D eigenvalue weighted by Crippen LogP contribution is 2.36. The Balaban J connectivity index is 1.39. The monoisotopic (exact) mass is 412 g/mol. The molecule has 3 aliphatic rings. The van der Waals surface area contributed by atoms with Gasteiger partial charge in [0.1, 0.15) is 17.1 Å². The fourth-order valence-electron chi connectivity index (χ4n) is 4.47. The summed E-state index contributed by atoms with van der Waals surface area (Å²) < 4.78 is 5.64. The summed E-state index contributed by atoms with van der Waals surface area (Å²) >= 11 is 0. The van der Waals surface area contributed by atoms with Crippen LogP contribution in [0.2, 0.25) is 0 Å². The number of rotatable bonds is 3. The first-order chi connectivity index (χ1) is 14.3. The van der Waals surface area contributed by atoms with Crippen molar-refractivity contribution in [3.8, 4) is 0 Å². The van der Waals surface area contributed by atoms with E-state index in [0.717, 1.165) is 36.9 Å². The van der Waals surface area contributed by atoms with Crippen molar-refractivity contribution in [3.05, 3.63) is 12.3 Å². The van der Waals surface area contributed by atoms with Crippen LogP contribution >= 0.6 is 0 Å². The molecule has 2 bridgehead atoms. The number of aromatic nitrogens is 3. The average molecular weight is 412 g/mol. The van der Waals surface area contributed by atoms with Crippen LogP contribution in [-0.2, 0) is 9.53 Å². The number of H-pyrrole nitrogens is 1. The fourth-order valence-corrected chi connectivity index (χ4v) is 4.47. The lowest BCUT2D eigenvalue weighted by Crippen LogP contribution is -2.57. The third-order valence-electron chi connectivity index (χ3n) is 5.96. The minimum absolute atomic E-state index is 0.0123. The quantitative estimate of drug-likeness (QED) is 0.803. The van der Waals surface area contributed by atoms with E-state index in [4.69, 9.17) is 9.72 Å². The molecule has 9 heteroatoms. The molecule has 4 heterocycles. The van der Waals surface area contributed by atoms with E-state index in [1.54, 1.807) is 0 Å². The summed E-state index contributed by atoms with van der Waals surface area (Å²) in [4.78, 5) is 41.4. The van der Waals surface area contributed by atoms with Gasteiger partial charge in [0, 0.05) is 25.2 Å². The van der Waals surface area contributed by atoms with Gasteiger partial charge in [-0.15, -0.1) is 0 Å². The summed E-state index contributed by atoms with van der Waals surface area (Å²) in [5.74, 6) is 1.21. The van der Waals surface area contributed by atoms with Gasteiger partial charge >= 0.3 is 6.09 Å². The SMILES string of the molecule is CC(C)(C)OC(=O)N1C2CCC1CN(c1nc(NC(=O)C3CC3)nc3[nH]ccc13)C2. The van der Waals surface area contributed by atoms with Crippen molar-refractivity contribution in [3.63, 3.8) is 0 Å². The van der Waals surface area contributed by atoms with Gasteiger partial charge in [0.15, 0.2) is 0 Å². The van der Waals surface area contributed by atoms with E-state index in [1.165, 1.54) is 0 Å². The van der Waals surface area contributed by atoms with E-state index >= 15 is 0 Å². The highest BCUT2D eigenvalue weighted by Gasteiger charge is 2.45. The predicted octanol–water partition coefficient (Wildman–Crippen LogP) is 2.89. The lowest BCUT2D eigenvalue weighted by Gasteiger charge is -2.42. The van der Waals surface area contributed by atoms with E-state index < -0.39 is 5.60 Å². The zero-order chi connectivity index (χ0) is 21.0. The predicted molar refractivity (Wildman–Crippen MR) is 112 cm³/mol. The van der Waals surface area contributed by atoms with Crippen LogP contribution in [0.5, 0.6) is 0 Å². The number of amides is 2. The molecular weight excluding hydrogens is 384 g/mol. The number of ether oxygens (including phenoxy) is 1. The number of nitrogens with one attached hydrogen (secondary N) is 2. The number of hydrogen-bond acceptors (Lipinski definition) is 6. The van der Waals surface area contributed by atoms with Crippen LogP contribution in [0.1, 0.15) is 46.5 Å². The molecule has 2 aromatic rings. The van der Waals surface area contributed by atoms with Crippen molar-refractivity contribution in [1.82, 2.24) is 19.9 Å². The second-order valence-corrected chi connectivity index (χ2v) is 9.55. The highest BCUT2D eigenvalue weighted by molar-refractivity contribution is 5.95. The molecule has 2 amide bonds. The van der Waals surface area contributed by atoms with Gasteiger partial charge in [0.05, 0.1) is 17.5 Å². The maximum Gasteiger partial charge on any atom is 0.410 e. The third kappa shape index (κ3) is 3.57. The van der Waals surface area contributed by atoms with E-state index in [-0.39, 0.29) is 30.0 Å². The number of piperazine rings is 1.